The highest BCUT2D eigenvalue weighted by molar-refractivity contribution is 6.10. The Hall–Kier alpha value is -0.900. The summed E-state index contributed by atoms with van der Waals surface area (Å²) < 4.78 is 0. The summed E-state index contributed by atoms with van der Waals surface area (Å²) in [5.74, 6) is -0.0621. The average Bonchev–Trinajstić information content (AvgIpc) is 2.72. The molecule has 94 valence electrons. The Balaban J connectivity index is 1.82. The van der Waals surface area contributed by atoms with Crippen LogP contribution in [0, 0.1) is 17.3 Å². The molecule has 0 aromatic heterocycles. The van der Waals surface area contributed by atoms with Crippen LogP contribution in [0.15, 0.2) is 0 Å². The number of carbonyl (C=O) groups excluding carboxylic acids is 2. The maximum absolute atomic E-state index is 12.3. The van der Waals surface area contributed by atoms with Crippen LogP contribution in [0.1, 0.15) is 39.5 Å². The Morgan fingerprint density at radius 1 is 1.12 bits per heavy atom. The number of piperidine rings is 1. The molecule has 1 aliphatic heterocycles. The largest absolute Gasteiger partial charge is 0.326 e. The summed E-state index contributed by atoms with van der Waals surface area (Å²) in [6.07, 6.45) is 4.01. The van der Waals surface area contributed by atoms with Crippen molar-refractivity contribution in [2.75, 3.05) is 0 Å². The third-order valence-corrected chi connectivity index (χ3v) is 4.95. The molecule has 3 aliphatic rings. The van der Waals surface area contributed by atoms with Crippen LogP contribution in [-0.4, -0.2) is 28.8 Å². The second kappa shape index (κ2) is 3.31. The predicted octanol–water partition coefficient (Wildman–Crippen LogP) is 0.897. The molecule has 1 saturated heterocycles. The molecule has 0 aromatic rings. The molecule has 1 heterocycles. The summed E-state index contributed by atoms with van der Waals surface area (Å²) in [5, 5.41) is 0. The van der Waals surface area contributed by atoms with Gasteiger partial charge in [0.15, 0.2) is 0 Å². The minimum atomic E-state index is -0.108. The van der Waals surface area contributed by atoms with E-state index in [1.807, 2.05) is 13.8 Å². The van der Waals surface area contributed by atoms with Gasteiger partial charge in [-0.05, 0) is 18.3 Å². The van der Waals surface area contributed by atoms with Crippen LogP contribution in [0.2, 0.25) is 0 Å². The van der Waals surface area contributed by atoms with Crippen LogP contribution in [0.3, 0.4) is 0 Å². The number of nitrogens with two attached hydrogens (primary N) is 1. The van der Waals surface area contributed by atoms with Gasteiger partial charge in [0.1, 0.15) is 0 Å². The van der Waals surface area contributed by atoms with Crippen LogP contribution < -0.4 is 5.73 Å². The number of rotatable bonds is 1. The Labute approximate surface area is 102 Å². The maximum Gasteiger partial charge on any atom is 0.233 e. The minimum absolute atomic E-state index is 0.0164. The van der Waals surface area contributed by atoms with Crippen molar-refractivity contribution in [2.45, 2.75) is 51.6 Å². The first-order valence-corrected chi connectivity index (χ1v) is 6.58. The number of amides is 2. The molecule has 0 aromatic carbocycles. The highest BCUT2D eigenvalue weighted by atomic mass is 16.2. The van der Waals surface area contributed by atoms with E-state index in [1.165, 1.54) is 4.90 Å². The highest BCUT2D eigenvalue weighted by Crippen LogP contribution is 2.63. The van der Waals surface area contributed by atoms with Gasteiger partial charge in [-0.2, -0.15) is 0 Å². The van der Waals surface area contributed by atoms with E-state index in [0.717, 1.165) is 25.7 Å². The van der Waals surface area contributed by atoms with E-state index in [0.29, 0.717) is 0 Å². The van der Waals surface area contributed by atoms with E-state index >= 15 is 0 Å². The molecule has 2 amide bonds. The lowest BCUT2D eigenvalue weighted by Gasteiger charge is -2.36. The molecule has 4 atom stereocenters. The topological polar surface area (TPSA) is 63.4 Å². The number of imide groups is 1. The second-order valence-electron chi connectivity index (χ2n) is 6.34. The van der Waals surface area contributed by atoms with Crippen molar-refractivity contribution in [2.24, 2.45) is 23.0 Å². The Bertz CT molecular complexity index is 367. The van der Waals surface area contributed by atoms with Gasteiger partial charge in [-0.1, -0.05) is 26.7 Å². The molecule has 0 radical (unpaired) electrons. The van der Waals surface area contributed by atoms with E-state index in [9.17, 15) is 9.59 Å². The zero-order chi connectivity index (χ0) is 12.4. The number of hydrogen-bond acceptors (Lipinski definition) is 3. The third kappa shape index (κ3) is 1.33. The lowest BCUT2D eigenvalue weighted by molar-refractivity contribution is -0.147. The molecule has 4 nitrogen and oxygen atoms in total. The monoisotopic (exact) mass is 236 g/mol. The number of likely N-dealkylation sites (tertiary alicyclic amines) is 1. The highest BCUT2D eigenvalue weighted by Gasteiger charge is 2.73. The summed E-state index contributed by atoms with van der Waals surface area (Å²) in [6.45, 7) is 4.02. The molecule has 0 spiro atoms. The van der Waals surface area contributed by atoms with E-state index < -0.39 is 0 Å². The molecule has 17 heavy (non-hydrogen) atoms. The average molecular weight is 236 g/mol. The Morgan fingerprint density at radius 2 is 1.65 bits per heavy atom. The van der Waals surface area contributed by atoms with Gasteiger partial charge in [-0.3, -0.25) is 14.5 Å². The van der Waals surface area contributed by atoms with Crippen molar-refractivity contribution in [3.63, 3.8) is 0 Å². The fourth-order valence-corrected chi connectivity index (χ4v) is 3.76. The van der Waals surface area contributed by atoms with Gasteiger partial charge >= 0.3 is 0 Å². The second-order valence-corrected chi connectivity index (χ2v) is 6.34. The maximum atomic E-state index is 12.3. The quantitative estimate of drug-likeness (QED) is 0.688. The van der Waals surface area contributed by atoms with Crippen molar-refractivity contribution in [3.05, 3.63) is 0 Å². The van der Waals surface area contributed by atoms with E-state index in [-0.39, 0.29) is 41.1 Å². The molecule has 2 saturated carbocycles. The SMILES string of the molecule is CC1(C)C2C(=O)N([C@@H]3CCCC[C@H]3N)C(=O)C21. The van der Waals surface area contributed by atoms with Crippen molar-refractivity contribution < 1.29 is 9.59 Å². The Morgan fingerprint density at radius 3 is 2.18 bits per heavy atom. The zero-order valence-electron chi connectivity index (χ0n) is 10.5. The number of hydrogen-bond donors (Lipinski definition) is 1. The van der Waals surface area contributed by atoms with Crippen LogP contribution in [-0.2, 0) is 9.59 Å². The standard InChI is InChI=1S/C13H20N2O2/c1-13(2)9-10(13)12(17)15(11(9)16)8-6-4-3-5-7(8)14/h7-10H,3-6,14H2,1-2H3/t7-,8-,9?,10?/m1/s1. The molecule has 0 bridgehead atoms. The van der Waals surface area contributed by atoms with Gasteiger partial charge in [-0.15, -0.1) is 0 Å². The molecule has 3 rings (SSSR count). The van der Waals surface area contributed by atoms with Crippen molar-refractivity contribution in [1.29, 1.82) is 0 Å². The molecule has 4 heteroatoms. The molecular weight excluding hydrogens is 216 g/mol. The van der Waals surface area contributed by atoms with Crippen molar-refractivity contribution >= 4 is 11.8 Å². The molecule has 2 N–H and O–H groups in total. The minimum Gasteiger partial charge on any atom is -0.326 e. The fourth-order valence-electron chi connectivity index (χ4n) is 3.76. The predicted molar refractivity (Wildman–Crippen MR) is 62.8 cm³/mol. The van der Waals surface area contributed by atoms with Crippen LogP contribution >= 0.6 is 0 Å². The number of carbonyl (C=O) groups is 2. The number of fused-ring (bicyclic) bond motifs is 1. The van der Waals surface area contributed by atoms with Crippen LogP contribution in [0.4, 0.5) is 0 Å². The van der Waals surface area contributed by atoms with E-state index in [1.54, 1.807) is 0 Å². The smallest absolute Gasteiger partial charge is 0.233 e. The van der Waals surface area contributed by atoms with Crippen molar-refractivity contribution in [1.82, 2.24) is 4.90 Å². The summed E-state index contributed by atoms with van der Waals surface area (Å²) in [4.78, 5) is 26.0. The zero-order valence-corrected chi connectivity index (χ0v) is 10.5. The molecule has 2 aliphatic carbocycles. The van der Waals surface area contributed by atoms with Gasteiger partial charge in [-0.25, -0.2) is 0 Å². The van der Waals surface area contributed by atoms with Crippen LogP contribution in [0.5, 0.6) is 0 Å². The summed E-state index contributed by atoms with van der Waals surface area (Å²) in [6, 6.07) is -0.0513. The van der Waals surface area contributed by atoms with Gasteiger partial charge < -0.3 is 5.73 Å². The molecule has 2 unspecified atom stereocenters. The first-order valence-electron chi connectivity index (χ1n) is 6.58. The summed E-state index contributed by atoms with van der Waals surface area (Å²) >= 11 is 0. The molecular formula is C13H20N2O2. The summed E-state index contributed by atoms with van der Waals surface area (Å²) in [5.41, 5.74) is 5.96. The van der Waals surface area contributed by atoms with Crippen molar-refractivity contribution in [3.8, 4) is 0 Å². The van der Waals surface area contributed by atoms with Gasteiger partial charge in [0.05, 0.1) is 17.9 Å². The molecule has 3 fully saturated rings. The van der Waals surface area contributed by atoms with Crippen LogP contribution in [0.25, 0.3) is 0 Å². The van der Waals surface area contributed by atoms with Gasteiger partial charge in [0, 0.05) is 6.04 Å². The lowest BCUT2D eigenvalue weighted by Crippen LogP contribution is -2.53. The van der Waals surface area contributed by atoms with E-state index in [2.05, 4.69) is 0 Å². The first kappa shape index (κ1) is 11.2. The first-order chi connectivity index (χ1) is 7.96. The normalized spacial score (nSPS) is 43.8. The lowest BCUT2D eigenvalue weighted by atomic mass is 9.89. The fraction of sp³-hybridized carbons (Fsp3) is 0.846. The number of nitrogens with zero attached hydrogens (tertiary/aromatic N) is 1. The third-order valence-electron chi connectivity index (χ3n) is 4.95. The van der Waals surface area contributed by atoms with Gasteiger partial charge in [0.2, 0.25) is 11.8 Å². The van der Waals surface area contributed by atoms with E-state index in [4.69, 9.17) is 5.73 Å². The summed E-state index contributed by atoms with van der Waals surface area (Å²) in [7, 11) is 0. The van der Waals surface area contributed by atoms with Gasteiger partial charge in [0.25, 0.3) is 0 Å². The Kier molecular flexibility index (Phi) is 2.18.